The molecule has 3 aromatic heterocycles. The Kier molecular flexibility index (Phi) is 11.3. The number of anilines is 3. The minimum Gasteiger partial charge on any atom is -0.374 e. The van der Waals surface area contributed by atoms with Crippen LogP contribution in [-0.2, 0) is 9.53 Å². The van der Waals surface area contributed by atoms with E-state index in [1.807, 2.05) is 11.0 Å². The van der Waals surface area contributed by atoms with E-state index in [9.17, 15) is 28.0 Å². The number of fused-ring (bicyclic) bond motifs is 3. The van der Waals surface area contributed by atoms with Crippen molar-refractivity contribution in [3.8, 4) is 0 Å². The van der Waals surface area contributed by atoms with Crippen LogP contribution in [0.25, 0.3) is 5.65 Å². The fourth-order valence-electron chi connectivity index (χ4n) is 10.8. The van der Waals surface area contributed by atoms with Gasteiger partial charge in [0, 0.05) is 63.6 Å². The number of morpholine rings is 1. The molecule has 0 unspecified atom stereocenters. The van der Waals surface area contributed by atoms with Gasteiger partial charge in [0.05, 0.1) is 47.4 Å². The fourth-order valence-corrected chi connectivity index (χ4v) is 11.0. The molecule has 1 aliphatic carbocycles. The minimum atomic E-state index is -2.86. The number of rotatable bonds is 10. The molecule has 6 fully saturated rings. The first kappa shape index (κ1) is 41.8. The van der Waals surface area contributed by atoms with Gasteiger partial charge < -0.3 is 24.8 Å². The number of piperidine rings is 2. The lowest BCUT2D eigenvalue weighted by atomic mass is 9.65. The van der Waals surface area contributed by atoms with E-state index in [0.29, 0.717) is 47.5 Å². The van der Waals surface area contributed by atoms with Gasteiger partial charge in [-0.2, -0.15) is 10.2 Å². The first-order valence-electron chi connectivity index (χ1n) is 22.3. The third-order valence-corrected chi connectivity index (χ3v) is 14.9. The molecule has 2 atom stereocenters. The lowest BCUT2D eigenvalue weighted by molar-refractivity contribution is -0.120. The Balaban J connectivity index is 0.682. The Morgan fingerprint density at radius 1 is 1.00 bits per heavy atom. The monoisotopic (exact) mass is 887 g/mol. The first-order chi connectivity index (χ1) is 30.5. The third kappa shape index (κ3) is 8.36. The largest absolute Gasteiger partial charge is 0.374 e. The number of aromatic nitrogens is 5. The van der Waals surface area contributed by atoms with Crippen molar-refractivity contribution in [2.45, 2.75) is 95.2 Å². The average Bonchev–Trinajstić information content (AvgIpc) is 4.12. The van der Waals surface area contributed by atoms with Crippen LogP contribution >= 0.6 is 11.6 Å². The Labute approximate surface area is 368 Å². The number of nitrogens with zero attached hydrogens (tertiary/aromatic N) is 9. The van der Waals surface area contributed by atoms with Crippen LogP contribution in [0, 0.1) is 11.3 Å². The molecule has 8 heterocycles. The summed E-state index contributed by atoms with van der Waals surface area (Å²) in [6, 6.07) is 6.51. The summed E-state index contributed by atoms with van der Waals surface area (Å²) in [4.78, 5) is 64.0. The molecular formula is C44H52ClF2N11O5. The summed E-state index contributed by atoms with van der Waals surface area (Å²) in [5.41, 5.74) is 1.26. The van der Waals surface area contributed by atoms with Gasteiger partial charge in [0.1, 0.15) is 11.4 Å². The maximum atomic E-state index is 14.3. The third-order valence-electron chi connectivity index (χ3n) is 14.6. The molecular weight excluding hydrogens is 836 g/mol. The Morgan fingerprint density at radius 2 is 1.79 bits per heavy atom. The van der Waals surface area contributed by atoms with E-state index in [2.05, 4.69) is 30.6 Å². The molecule has 6 aliphatic rings. The molecule has 5 amide bonds. The zero-order valence-corrected chi connectivity index (χ0v) is 35.8. The van der Waals surface area contributed by atoms with Gasteiger partial charge in [0.15, 0.2) is 11.3 Å². The van der Waals surface area contributed by atoms with Crippen molar-refractivity contribution >= 4 is 58.2 Å². The second-order valence-corrected chi connectivity index (χ2v) is 18.7. The molecule has 2 bridgehead atoms. The number of imide groups is 1. The average molecular weight is 888 g/mol. The van der Waals surface area contributed by atoms with Gasteiger partial charge in [-0.25, -0.2) is 23.1 Å². The van der Waals surface area contributed by atoms with Crippen LogP contribution in [0.3, 0.4) is 0 Å². The van der Waals surface area contributed by atoms with Crippen molar-refractivity contribution in [2.75, 3.05) is 67.5 Å². The normalized spacial score (nSPS) is 23.4. The van der Waals surface area contributed by atoms with Crippen LogP contribution in [0.15, 0.2) is 42.9 Å². The predicted molar refractivity (Wildman–Crippen MR) is 229 cm³/mol. The lowest BCUT2D eigenvalue weighted by Gasteiger charge is -2.46. The number of hydrogen-bond donors (Lipinski definition) is 2. The number of alkyl halides is 2. The van der Waals surface area contributed by atoms with Gasteiger partial charge in [0.2, 0.25) is 5.91 Å². The molecule has 16 nitrogen and oxygen atoms in total. The Morgan fingerprint density at radius 3 is 2.51 bits per heavy atom. The van der Waals surface area contributed by atoms with E-state index in [-0.39, 0.29) is 59.6 Å². The van der Waals surface area contributed by atoms with E-state index < -0.39 is 24.1 Å². The lowest BCUT2D eigenvalue weighted by Crippen LogP contribution is -2.49. The van der Waals surface area contributed by atoms with Gasteiger partial charge in [-0.05, 0) is 106 Å². The van der Waals surface area contributed by atoms with Crippen LogP contribution in [0.1, 0.15) is 110 Å². The maximum Gasteiger partial charge on any atom is 0.328 e. The molecule has 1 saturated carbocycles. The number of benzene rings is 1. The van der Waals surface area contributed by atoms with Crippen LogP contribution in [0.5, 0.6) is 0 Å². The van der Waals surface area contributed by atoms with E-state index >= 15 is 0 Å². The summed E-state index contributed by atoms with van der Waals surface area (Å²) >= 11 is 6.42. The zero-order valence-electron chi connectivity index (χ0n) is 35.1. The number of ether oxygens (including phenoxy) is 1. The smallest absolute Gasteiger partial charge is 0.328 e. The van der Waals surface area contributed by atoms with Gasteiger partial charge in [-0.1, -0.05) is 11.6 Å². The Bertz CT molecular complexity index is 2400. The molecule has 2 N–H and O–H groups in total. The quantitative estimate of drug-likeness (QED) is 0.184. The van der Waals surface area contributed by atoms with E-state index in [1.165, 1.54) is 28.5 Å². The summed E-state index contributed by atoms with van der Waals surface area (Å²) in [6.07, 6.45) is 12.4. The summed E-state index contributed by atoms with van der Waals surface area (Å²) in [5.74, 6) is 0.409. The molecule has 10 rings (SSSR count). The van der Waals surface area contributed by atoms with Crippen LogP contribution in [0.2, 0.25) is 5.02 Å². The second-order valence-electron chi connectivity index (χ2n) is 18.3. The summed E-state index contributed by atoms with van der Waals surface area (Å²) in [5, 5.41) is 13.9. The van der Waals surface area contributed by atoms with Crippen molar-refractivity contribution in [3.05, 3.63) is 64.7 Å². The summed E-state index contributed by atoms with van der Waals surface area (Å²) < 4.78 is 37.5. The van der Waals surface area contributed by atoms with Crippen molar-refractivity contribution < 1.29 is 32.7 Å². The van der Waals surface area contributed by atoms with Crippen LogP contribution < -0.4 is 20.4 Å². The van der Waals surface area contributed by atoms with Gasteiger partial charge in [-0.3, -0.25) is 29.3 Å². The Hall–Kier alpha value is -5.20. The summed E-state index contributed by atoms with van der Waals surface area (Å²) in [6.45, 7) is 5.65. The molecule has 4 aromatic rings. The van der Waals surface area contributed by atoms with E-state index in [1.54, 1.807) is 35.3 Å². The number of halogens is 3. The predicted octanol–water partition coefficient (Wildman–Crippen LogP) is 6.33. The van der Waals surface area contributed by atoms with Gasteiger partial charge in [0.25, 0.3) is 18.2 Å². The molecule has 1 spiro atoms. The minimum absolute atomic E-state index is 0.00479. The molecule has 5 saturated heterocycles. The van der Waals surface area contributed by atoms with E-state index in [0.717, 1.165) is 83.4 Å². The number of urea groups is 1. The highest BCUT2D eigenvalue weighted by molar-refractivity contribution is 6.34. The number of carbonyl (C=O) groups is 4. The molecule has 63 heavy (non-hydrogen) atoms. The molecule has 5 aliphatic heterocycles. The number of amides is 5. The topological polar surface area (TPSA) is 163 Å². The molecule has 19 heteroatoms. The zero-order chi connectivity index (χ0) is 43.4. The SMILES string of the molecule is O=C1CCN(c2cc(C(=O)N3CCC4(CCC(CCN5CCC(n6cc(NC(=O)c7cnn8ccc(N9C[C@H]%10C[C@@H]9CO%10)nc78)c(C(F)F)n6)CC5)CC4)CC3)ccc2Cl)C(=O)N1. The van der Waals surface area contributed by atoms with Crippen molar-refractivity contribution in [1.82, 2.24) is 39.5 Å². The standard InChI is InChI=1S/C44H52ClF2N11O5/c45-33-2-1-28(21-35(33)55-17-9-37(59)51-43(55)62)42(61)54-19-12-44(13-20-54)10-3-27(4-11-44)5-14-53-15-6-29(7-16-53)58-25-34(38(52-58)39(46)47)49-41(60)32-23-48-57-18-8-36(50-40(32)57)56-24-31-22-30(56)26-63-31/h1-2,8,18,21,23,25,27,29-31,39H,3-7,9-17,19-20,22,24,26H2,(H,49,60)(H,51,59,62)/t30-,31-/m1/s1. The maximum absolute atomic E-state index is 14.3. The summed E-state index contributed by atoms with van der Waals surface area (Å²) in [7, 11) is 0. The molecule has 1 aromatic carbocycles. The van der Waals surface area contributed by atoms with Crippen molar-refractivity contribution in [1.29, 1.82) is 0 Å². The number of likely N-dealkylation sites (tertiary alicyclic amines) is 2. The highest BCUT2D eigenvalue weighted by atomic mass is 35.5. The number of hydrogen-bond acceptors (Lipinski definition) is 10. The molecule has 0 radical (unpaired) electrons. The second kappa shape index (κ2) is 17.1. The fraction of sp³-hybridized carbons (Fsp3) is 0.568. The number of carbonyl (C=O) groups excluding carboxylic acids is 4. The van der Waals surface area contributed by atoms with Gasteiger partial charge >= 0.3 is 6.03 Å². The van der Waals surface area contributed by atoms with E-state index in [4.69, 9.17) is 21.3 Å². The van der Waals surface area contributed by atoms with Crippen LogP contribution in [-0.4, -0.2) is 122 Å². The van der Waals surface area contributed by atoms with Crippen molar-refractivity contribution in [3.63, 3.8) is 0 Å². The van der Waals surface area contributed by atoms with Crippen LogP contribution in [0.4, 0.5) is 30.8 Å². The molecule has 334 valence electrons. The van der Waals surface area contributed by atoms with Gasteiger partial charge in [-0.15, -0.1) is 0 Å². The first-order valence-corrected chi connectivity index (χ1v) is 22.7. The highest BCUT2D eigenvalue weighted by Gasteiger charge is 2.41. The van der Waals surface area contributed by atoms with Crippen molar-refractivity contribution in [2.24, 2.45) is 11.3 Å². The highest BCUT2D eigenvalue weighted by Crippen LogP contribution is 2.47. The number of nitrogens with one attached hydrogen (secondary N) is 2.